The number of anilines is 2. The molecule has 0 spiro atoms. The molecule has 1 atom stereocenters. The molecule has 1 unspecified atom stereocenters. The fourth-order valence-corrected chi connectivity index (χ4v) is 3.46. The van der Waals surface area contributed by atoms with Crippen LogP contribution in [0, 0.1) is 0 Å². The van der Waals surface area contributed by atoms with E-state index in [-0.39, 0.29) is 6.10 Å². The number of fused-ring (bicyclic) bond motifs is 2. The molecule has 0 saturated carbocycles. The smallest absolute Gasteiger partial charge is 0.165 e. The molecule has 1 aliphatic rings. The molecule has 0 saturated heterocycles. The quantitative estimate of drug-likeness (QED) is 0.512. The van der Waals surface area contributed by atoms with Gasteiger partial charge in [-0.2, -0.15) is 0 Å². The van der Waals surface area contributed by atoms with Crippen LogP contribution < -0.4 is 14.4 Å². The number of nitrogens with zero attached hydrogens (tertiary/aromatic N) is 1. The van der Waals surface area contributed by atoms with Gasteiger partial charge in [0.05, 0.1) is 17.5 Å². The Kier molecular flexibility index (Phi) is 5.49. The Balaban J connectivity index is 1.48. The Morgan fingerprint density at radius 3 is 2.07 bits per heavy atom. The Labute approximate surface area is 166 Å². The largest absolute Gasteiger partial charge is 0.473 e. The van der Waals surface area contributed by atoms with Crippen LogP contribution in [0.5, 0.6) is 17.2 Å². The van der Waals surface area contributed by atoms with Gasteiger partial charge in [-0.05, 0) is 62.2 Å². The number of hydrogen-bond acceptors (Lipinski definition) is 4. The van der Waals surface area contributed by atoms with Crippen LogP contribution >= 0.6 is 0 Å². The summed E-state index contributed by atoms with van der Waals surface area (Å²) >= 11 is 0. The predicted octanol–water partition coefficient (Wildman–Crippen LogP) is 5.93. The second-order valence-electron chi connectivity index (χ2n) is 6.85. The molecule has 4 heteroatoms. The fraction of sp³-hybridized carbons (Fsp3) is 0.250. The van der Waals surface area contributed by atoms with Gasteiger partial charge in [0.1, 0.15) is 5.75 Å². The molecule has 0 amide bonds. The van der Waals surface area contributed by atoms with E-state index in [1.165, 1.54) is 5.56 Å². The van der Waals surface area contributed by atoms with Crippen molar-refractivity contribution in [3.05, 3.63) is 78.4 Å². The minimum Gasteiger partial charge on any atom is -0.473 e. The highest BCUT2D eigenvalue weighted by molar-refractivity contribution is 5.77. The van der Waals surface area contributed by atoms with Crippen molar-refractivity contribution in [3.8, 4) is 17.2 Å². The standard InChI is InChI=1S/C24H25NO3/c1-3-26-18(2)16-19-12-14-20(15-13-19)27-17-25-21-8-4-6-10-23(21)28-24-11-7-5-9-22(24)25/h4-15,18H,3,16-17H2,1-2H3. The van der Waals surface area contributed by atoms with Crippen molar-refractivity contribution in [1.29, 1.82) is 0 Å². The average molecular weight is 375 g/mol. The maximum absolute atomic E-state index is 6.11. The van der Waals surface area contributed by atoms with E-state index in [9.17, 15) is 0 Å². The van der Waals surface area contributed by atoms with Crippen molar-refractivity contribution in [2.45, 2.75) is 26.4 Å². The topological polar surface area (TPSA) is 30.9 Å². The van der Waals surface area contributed by atoms with Gasteiger partial charge < -0.3 is 19.1 Å². The third-order valence-corrected chi connectivity index (χ3v) is 4.79. The minimum absolute atomic E-state index is 0.220. The summed E-state index contributed by atoms with van der Waals surface area (Å²) in [4.78, 5) is 2.14. The number of hydrogen-bond donors (Lipinski definition) is 0. The van der Waals surface area contributed by atoms with E-state index in [1.807, 2.05) is 67.6 Å². The summed E-state index contributed by atoms with van der Waals surface area (Å²) in [6.45, 7) is 5.27. The van der Waals surface area contributed by atoms with Gasteiger partial charge in [0.15, 0.2) is 18.2 Å². The summed E-state index contributed by atoms with van der Waals surface area (Å²) in [6.07, 6.45) is 1.12. The molecule has 28 heavy (non-hydrogen) atoms. The van der Waals surface area contributed by atoms with Crippen LogP contribution in [0.2, 0.25) is 0 Å². The first kappa shape index (κ1) is 18.4. The number of benzene rings is 3. The molecule has 0 radical (unpaired) electrons. The van der Waals surface area contributed by atoms with E-state index in [2.05, 4.69) is 24.0 Å². The van der Waals surface area contributed by atoms with Gasteiger partial charge in [0, 0.05) is 6.61 Å². The van der Waals surface area contributed by atoms with E-state index in [0.29, 0.717) is 6.73 Å². The lowest BCUT2D eigenvalue weighted by Gasteiger charge is -2.32. The summed E-state index contributed by atoms with van der Waals surface area (Å²) in [5, 5.41) is 0. The van der Waals surface area contributed by atoms with Gasteiger partial charge in [-0.1, -0.05) is 36.4 Å². The van der Waals surface area contributed by atoms with E-state index < -0.39 is 0 Å². The first-order valence-corrected chi connectivity index (χ1v) is 9.71. The Morgan fingerprint density at radius 1 is 0.857 bits per heavy atom. The van der Waals surface area contributed by atoms with Crippen LogP contribution in [0.3, 0.4) is 0 Å². The van der Waals surface area contributed by atoms with Crippen LogP contribution in [-0.4, -0.2) is 19.4 Å². The molecule has 4 nitrogen and oxygen atoms in total. The van der Waals surface area contributed by atoms with Crippen LogP contribution in [-0.2, 0) is 11.2 Å². The van der Waals surface area contributed by atoms with Crippen molar-refractivity contribution in [3.63, 3.8) is 0 Å². The highest BCUT2D eigenvalue weighted by Crippen LogP contribution is 2.46. The lowest BCUT2D eigenvalue weighted by atomic mass is 10.1. The SMILES string of the molecule is CCOC(C)Cc1ccc(OCN2c3ccccc3Oc3ccccc32)cc1. The lowest BCUT2D eigenvalue weighted by molar-refractivity contribution is 0.0768. The Bertz CT molecular complexity index is 878. The number of para-hydroxylation sites is 4. The van der Waals surface area contributed by atoms with Gasteiger partial charge in [-0.3, -0.25) is 0 Å². The Hall–Kier alpha value is -2.98. The summed E-state index contributed by atoms with van der Waals surface area (Å²) in [5.74, 6) is 2.52. The second-order valence-corrected chi connectivity index (χ2v) is 6.85. The zero-order valence-corrected chi connectivity index (χ0v) is 16.3. The molecular formula is C24H25NO3. The van der Waals surface area contributed by atoms with Gasteiger partial charge in [-0.15, -0.1) is 0 Å². The van der Waals surface area contributed by atoms with Crippen molar-refractivity contribution in [1.82, 2.24) is 0 Å². The zero-order valence-electron chi connectivity index (χ0n) is 16.3. The van der Waals surface area contributed by atoms with Crippen LogP contribution in [0.15, 0.2) is 72.8 Å². The third-order valence-electron chi connectivity index (χ3n) is 4.79. The van der Waals surface area contributed by atoms with Crippen LogP contribution in [0.4, 0.5) is 11.4 Å². The molecular weight excluding hydrogens is 350 g/mol. The molecule has 4 rings (SSSR count). The van der Waals surface area contributed by atoms with E-state index in [0.717, 1.165) is 41.7 Å². The van der Waals surface area contributed by atoms with Gasteiger partial charge in [0.2, 0.25) is 0 Å². The zero-order chi connectivity index (χ0) is 19.3. The first-order valence-electron chi connectivity index (χ1n) is 9.71. The third kappa shape index (κ3) is 3.97. The second kappa shape index (κ2) is 8.36. The lowest BCUT2D eigenvalue weighted by Crippen LogP contribution is -2.25. The molecule has 144 valence electrons. The van der Waals surface area contributed by atoms with Crippen molar-refractivity contribution in [2.24, 2.45) is 0 Å². The molecule has 0 fully saturated rings. The fourth-order valence-electron chi connectivity index (χ4n) is 3.46. The van der Waals surface area contributed by atoms with Crippen LogP contribution in [0.25, 0.3) is 0 Å². The number of rotatable bonds is 7. The molecule has 0 aliphatic carbocycles. The summed E-state index contributed by atoms with van der Waals surface area (Å²) in [6, 6.07) is 24.3. The molecule has 0 aromatic heterocycles. The van der Waals surface area contributed by atoms with E-state index in [4.69, 9.17) is 14.2 Å². The average Bonchev–Trinajstić information content (AvgIpc) is 2.72. The maximum Gasteiger partial charge on any atom is 0.165 e. The highest BCUT2D eigenvalue weighted by Gasteiger charge is 2.24. The van der Waals surface area contributed by atoms with Crippen LogP contribution in [0.1, 0.15) is 19.4 Å². The van der Waals surface area contributed by atoms with Gasteiger partial charge >= 0.3 is 0 Å². The molecule has 0 bridgehead atoms. The molecule has 3 aromatic carbocycles. The number of ether oxygens (including phenoxy) is 3. The Morgan fingerprint density at radius 2 is 1.46 bits per heavy atom. The van der Waals surface area contributed by atoms with Gasteiger partial charge in [-0.25, -0.2) is 0 Å². The molecule has 0 N–H and O–H groups in total. The van der Waals surface area contributed by atoms with E-state index in [1.54, 1.807) is 0 Å². The molecule has 3 aromatic rings. The van der Waals surface area contributed by atoms with Crippen molar-refractivity contribution >= 4 is 11.4 Å². The molecule has 1 heterocycles. The normalized spacial score (nSPS) is 13.3. The van der Waals surface area contributed by atoms with Gasteiger partial charge in [0.25, 0.3) is 0 Å². The first-order chi connectivity index (χ1) is 13.7. The van der Waals surface area contributed by atoms with Crippen molar-refractivity contribution in [2.75, 3.05) is 18.2 Å². The predicted molar refractivity (Wildman–Crippen MR) is 112 cm³/mol. The summed E-state index contributed by atoms with van der Waals surface area (Å²) in [7, 11) is 0. The summed E-state index contributed by atoms with van der Waals surface area (Å²) in [5.41, 5.74) is 3.25. The summed E-state index contributed by atoms with van der Waals surface area (Å²) < 4.78 is 17.7. The minimum atomic E-state index is 0.220. The van der Waals surface area contributed by atoms with Crippen molar-refractivity contribution < 1.29 is 14.2 Å². The molecule has 1 aliphatic heterocycles. The van der Waals surface area contributed by atoms with E-state index >= 15 is 0 Å². The maximum atomic E-state index is 6.11. The monoisotopic (exact) mass is 375 g/mol. The highest BCUT2D eigenvalue weighted by atomic mass is 16.5.